The van der Waals surface area contributed by atoms with Crippen molar-refractivity contribution in [2.24, 2.45) is 0 Å². The quantitative estimate of drug-likeness (QED) is 0.569. The molecule has 0 fully saturated rings. The fourth-order valence-corrected chi connectivity index (χ4v) is 3.34. The Labute approximate surface area is 139 Å². The molecule has 0 radical (unpaired) electrons. The van der Waals surface area contributed by atoms with Gasteiger partial charge in [-0.3, -0.25) is 0 Å². The van der Waals surface area contributed by atoms with E-state index in [2.05, 4.69) is 99.4 Å². The van der Waals surface area contributed by atoms with E-state index in [9.17, 15) is 0 Å². The zero-order valence-corrected chi connectivity index (χ0v) is 14.3. The molecule has 0 aliphatic rings. The van der Waals surface area contributed by atoms with Crippen LogP contribution in [-0.4, -0.2) is 7.05 Å². The van der Waals surface area contributed by atoms with Crippen molar-refractivity contribution in [1.82, 2.24) is 0 Å². The summed E-state index contributed by atoms with van der Waals surface area (Å²) in [6.07, 6.45) is 0. The molecule has 0 heterocycles. The number of nitrogens with zero attached hydrogens (tertiary/aromatic N) is 1. The molecule has 23 heavy (non-hydrogen) atoms. The Morgan fingerprint density at radius 1 is 0.609 bits per heavy atom. The van der Waals surface area contributed by atoms with Gasteiger partial charge in [-0.1, -0.05) is 48.5 Å². The van der Waals surface area contributed by atoms with E-state index in [0.717, 1.165) is 0 Å². The zero-order valence-electron chi connectivity index (χ0n) is 14.3. The average Bonchev–Trinajstić information content (AvgIpc) is 2.55. The molecule has 3 rings (SSSR count). The summed E-state index contributed by atoms with van der Waals surface area (Å²) in [5, 5.41) is 0. The molecule has 0 N–H and O–H groups in total. The molecule has 0 atom stereocenters. The smallest absolute Gasteiger partial charge is 0.0468 e. The average molecular weight is 301 g/mol. The van der Waals surface area contributed by atoms with E-state index >= 15 is 0 Å². The molecule has 3 aromatic rings. The van der Waals surface area contributed by atoms with E-state index in [4.69, 9.17) is 0 Å². The Kier molecular flexibility index (Phi) is 4.20. The Morgan fingerprint density at radius 2 is 1.17 bits per heavy atom. The van der Waals surface area contributed by atoms with Crippen LogP contribution in [0.15, 0.2) is 66.7 Å². The molecule has 0 saturated heterocycles. The first-order valence-corrected chi connectivity index (χ1v) is 8.04. The molecule has 116 valence electrons. The SMILES string of the molecule is Cc1ccccc1N(C)c1c(C)cc(-c2ccccc2)cc1C. The molecule has 1 nitrogen and oxygen atoms in total. The third kappa shape index (κ3) is 3.00. The number of benzene rings is 3. The van der Waals surface area contributed by atoms with Gasteiger partial charge in [-0.2, -0.15) is 0 Å². The Bertz CT molecular complexity index is 795. The lowest BCUT2D eigenvalue weighted by Crippen LogP contribution is -2.13. The first-order chi connectivity index (χ1) is 11.1. The highest BCUT2D eigenvalue weighted by molar-refractivity contribution is 5.76. The van der Waals surface area contributed by atoms with E-state index in [-0.39, 0.29) is 0 Å². The van der Waals surface area contributed by atoms with Crippen LogP contribution in [0.2, 0.25) is 0 Å². The molecule has 0 bridgehead atoms. The highest BCUT2D eigenvalue weighted by Crippen LogP contribution is 2.35. The molecular weight excluding hydrogens is 278 g/mol. The van der Waals surface area contributed by atoms with Crippen LogP contribution < -0.4 is 4.90 Å². The fourth-order valence-electron chi connectivity index (χ4n) is 3.34. The van der Waals surface area contributed by atoms with Crippen molar-refractivity contribution in [1.29, 1.82) is 0 Å². The van der Waals surface area contributed by atoms with Crippen LogP contribution in [0.1, 0.15) is 16.7 Å². The monoisotopic (exact) mass is 301 g/mol. The number of hydrogen-bond acceptors (Lipinski definition) is 1. The summed E-state index contributed by atoms with van der Waals surface area (Å²) in [4.78, 5) is 2.30. The summed E-state index contributed by atoms with van der Waals surface area (Å²) < 4.78 is 0. The van der Waals surface area contributed by atoms with Crippen LogP contribution >= 0.6 is 0 Å². The van der Waals surface area contributed by atoms with Crippen LogP contribution in [0.4, 0.5) is 11.4 Å². The predicted molar refractivity (Wildman–Crippen MR) is 101 cm³/mol. The molecule has 0 saturated carbocycles. The van der Waals surface area contributed by atoms with Crippen molar-refractivity contribution in [3.8, 4) is 11.1 Å². The highest BCUT2D eigenvalue weighted by atomic mass is 15.1. The second-order valence-electron chi connectivity index (χ2n) is 6.17. The van der Waals surface area contributed by atoms with Crippen LogP contribution in [0.5, 0.6) is 0 Å². The molecule has 0 unspecified atom stereocenters. The van der Waals surface area contributed by atoms with Crippen LogP contribution in [0.25, 0.3) is 11.1 Å². The highest BCUT2D eigenvalue weighted by Gasteiger charge is 2.13. The second kappa shape index (κ2) is 6.29. The molecule has 0 amide bonds. The van der Waals surface area contributed by atoms with E-state index < -0.39 is 0 Å². The van der Waals surface area contributed by atoms with Gasteiger partial charge in [0.1, 0.15) is 0 Å². The summed E-state index contributed by atoms with van der Waals surface area (Å²) in [6.45, 7) is 6.56. The van der Waals surface area contributed by atoms with Gasteiger partial charge in [0.25, 0.3) is 0 Å². The number of rotatable bonds is 3. The van der Waals surface area contributed by atoms with Gasteiger partial charge in [0, 0.05) is 18.4 Å². The third-order valence-electron chi connectivity index (χ3n) is 4.41. The Morgan fingerprint density at radius 3 is 1.78 bits per heavy atom. The Balaban J connectivity index is 2.06. The van der Waals surface area contributed by atoms with Gasteiger partial charge in [0.15, 0.2) is 0 Å². The maximum atomic E-state index is 2.30. The first-order valence-electron chi connectivity index (χ1n) is 8.04. The minimum absolute atomic E-state index is 1.26. The molecule has 3 aromatic carbocycles. The molecule has 0 aliphatic carbocycles. The van der Waals surface area contributed by atoms with E-state index in [1.165, 1.54) is 39.2 Å². The topological polar surface area (TPSA) is 3.24 Å². The van der Waals surface area contributed by atoms with E-state index in [0.29, 0.717) is 0 Å². The number of hydrogen-bond donors (Lipinski definition) is 0. The van der Waals surface area contributed by atoms with Gasteiger partial charge in [-0.05, 0) is 66.8 Å². The van der Waals surface area contributed by atoms with Crippen LogP contribution in [0.3, 0.4) is 0 Å². The van der Waals surface area contributed by atoms with E-state index in [1.807, 2.05) is 0 Å². The van der Waals surface area contributed by atoms with Gasteiger partial charge in [-0.15, -0.1) is 0 Å². The molecule has 1 heteroatoms. The number of aryl methyl sites for hydroxylation is 3. The summed E-state index contributed by atoms with van der Waals surface area (Å²) in [6, 6.07) is 23.7. The molecule has 0 aliphatic heterocycles. The maximum Gasteiger partial charge on any atom is 0.0468 e. The minimum Gasteiger partial charge on any atom is -0.344 e. The third-order valence-corrected chi connectivity index (χ3v) is 4.41. The lowest BCUT2D eigenvalue weighted by atomic mass is 9.98. The van der Waals surface area contributed by atoms with Gasteiger partial charge >= 0.3 is 0 Å². The largest absolute Gasteiger partial charge is 0.344 e. The van der Waals surface area contributed by atoms with Crippen LogP contribution in [-0.2, 0) is 0 Å². The maximum absolute atomic E-state index is 2.30. The molecule has 0 aromatic heterocycles. The van der Waals surface area contributed by atoms with Gasteiger partial charge < -0.3 is 4.90 Å². The summed E-state index contributed by atoms with van der Waals surface area (Å²) in [5.41, 5.74) is 8.99. The normalized spacial score (nSPS) is 10.6. The summed E-state index contributed by atoms with van der Waals surface area (Å²) in [7, 11) is 2.15. The number of para-hydroxylation sites is 1. The second-order valence-corrected chi connectivity index (χ2v) is 6.17. The summed E-state index contributed by atoms with van der Waals surface area (Å²) in [5.74, 6) is 0. The standard InChI is InChI=1S/C22H23N/c1-16-10-8-9-13-21(16)23(4)22-17(2)14-20(15-18(22)3)19-11-6-5-7-12-19/h5-15H,1-4H3. The Hall–Kier alpha value is -2.54. The molecular formula is C22H23N. The first kappa shape index (κ1) is 15.4. The van der Waals surface area contributed by atoms with Gasteiger partial charge in [0.05, 0.1) is 0 Å². The minimum atomic E-state index is 1.26. The van der Waals surface area contributed by atoms with Crippen molar-refractivity contribution in [2.45, 2.75) is 20.8 Å². The molecule has 0 spiro atoms. The van der Waals surface area contributed by atoms with Crippen molar-refractivity contribution in [3.05, 3.63) is 83.4 Å². The van der Waals surface area contributed by atoms with E-state index in [1.54, 1.807) is 0 Å². The predicted octanol–water partition coefficient (Wildman–Crippen LogP) is 6.05. The zero-order chi connectivity index (χ0) is 16.4. The van der Waals surface area contributed by atoms with Gasteiger partial charge in [-0.25, -0.2) is 0 Å². The van der Waals surface area contributed by atoms with Crippen LogP contribution in [0, 0.1) is 20.8 Å². The lowest BCUT2D eigenvalue weighted by molar-refractivity contribution is 1.14. The summed E-state index contributed by atoms with van der Waals surface area (Å²) >= 11 is 0. The van der Waals surface area contributed by atoms with Crippen molar-refractivity contribution < 1.29 is 0 Å². The number of anilines is 2. The van der Waals surface area contributed by atoms with Crippen molar-refractivity contribution in [3.63, 3.8) is 0 Å². The van der Waals surface area contributed by atoms with Gasteiger partial charge in [0.2, 0.25) is 0 Å². The lowest BCUT2D eigenvalue weighted by Gasteiger charge is -2.26. The fraction of sp³-hybridized carbons (Fsp3) is 0.182. The van der Waals surface area contributed by atoms with Crippen molar-refractivity contribution in [2.75, 3.05) is 11.9 Å². The van der Waals surface area contributed by atoms with Crippen molar-refractivity contribution >= 4 is 11.4 Å².